The van der Waals surface area contributed by atoms with Gasteiger partial charge in [-0.1, -0.05) is 11.6 Å². The summed E-state index contributed by atoms with van der Waals surface area (Å²) in [5, 5.41) is 13.1. The molecule has 0 aliphatic rings. The normalized spacial score (nSPS) is 11.2. The summed E-state index contributed by atoms with van der Waals surface area (Å²) >= 11 is 5.53. The lowest BCUT2D eigenvalue weighted by Crippen LogP contribution is -2.27. The molecule has 0 radical (unpaired) electrons. The third-order valence-corrected chi connectivity index (χ3v) is 2.41. The largest absolute Gasteiger partial charge is 0.370 e. The molecule has 0 unspecified atom stereocenters. The fourth-order valence-corrected chi connectivity index (χ4v) is 1.49. The third kappa shape index (κ3) is 3.85. The third-order valence-electron chi connectivity index (χ3n) is 2.20. The van der Waals surface area contributed by atoms with Gasteiger partial charge >= 0.3 is 0 Å². The van der Waals surface area contributed by atoms with Crippen LogP contribution in [0.15, 0.2) is 24.3 Å². The standard InChI is InChI=1S/C10H12ClFN4O2/c1-13-10(6-16(17)18)15(2)5-7-4-14-9(11)3-8(7)12/h3-4,6,13H,5H2,1-2H3/b10-6+. The zero-order chi connectivity index (χ0) is 13.7. The second-order valence-corrected chi connectivity index (χ2v) is 3.89. The highest BCUT2D eigenvalue weighted by Gasteiger charge is 2.11. The van der Waals surface area contributed by atoms with E-state index in [4.69, 9.17) is 11.6 Å². The molecule has 0 fully saturated rings. The molecular weight excluding hydrogens is 263 g/mol. The van der Waals surface area contributed by atoms with Crippen molar-refractivity contribution in [3.8, 4) is 0 Å². The minimum absolute atomic E-state index is 0.0635. The number of pyridine rings is 1. The van der Waals surface area contributed by atoms with Crippen LogP contribution in [0.2, 0.25) is 5.15 Å². The number of halogens is 2. The Morgan fingerprint density at radius 3 is 2.94 bits per heavy atom. The van der Waals surface area contributed by atoms with E-state index in [0.29, 0.717) is 5.56 Å². The van der Waals surface area contributed by atoms with Gasteiger partial charge in [-0.2, -0.15) is 0 Å². The van der Waals surface area contributed by atoms with Gasteiger partial charge in [0.25, 0.3) is 6.20 Å². The molecule has 1 aromatic heterocycles. The van der Waals surface area contributed by atoms with Gasteiger partial charge in [-0.15, -0.1) is 0 Å². The number of hydrogen-bond acceptors (Lipinski definition) is 5. The molecule has 18 heavy (non-hydrogen) atoms. The van der Waals surface area contributed by atoms with Gasteiger partial charge in [-0.25, -0.2) is 9.37 Å². The molecule has 1 aromatic rings. The lowest BCUT2D eigenvalue weighted by molar-refractivity contribution is -0.404. The Balaban J connectivity index is 2.86. The van der Waals surface area contributed by atoms with Crippen molar-refractivity contribution in [2.24, 2.45) is 0 Å². The van der Waals surface area contributed by atoms with Gasteiger partial charge < -0.3 is 10.2 Å². The summed E-state index contributed by atoms with van der Waals surface area (Å²) in [7, 11) is 3.14. The Labute approximate surface area is 108 Å². The van der Waals surface area contributed by atoms with E-state index >= 15 is 0 Å². The molecule has 0 amide bonds. The van der Waals surface area contributed by atoms with Crippen molar-refractivity contribution < 1.29 is 9.31 Å². The first-order valence-corrected chi connectivity index (χ1v) is 5.36. The van der Waals surface area contributed by atoms with Gasteiger partial charge in [0, 0.05) is 38.5 Å². The molecule has 0 saturated carbocycles. The van der Waals surface area contributed by atoms with Crippen LogP contribution in [0.3, 0.4) is 0 Å². The van der Waals surface area contributed by atoms with E-state index in [1.54, 1.807) is 14.1 Å². The van der Waals surface area contributed by atoms with Crippen molar-refractivity contribution in [3.63, 3.8) is 0 Å². The average Bonchev–Trinajstić information content (AvgIpc) is 2.29. The first-order chi connectivity index (χ1) is 8.43. The van der Waals surface area contributed by atoms with E-state index in [1.807, 2.05) is 0 Å². The number of aromatic nitrogens is 1. The second-order valence-electron chi connectivity index (χ2n) is 3.50. The van der Waals surface area contributed by atoms with Crippen LogP contribution in [0.5, 0.6) is 0 Å². The molecule has 0 aliphatic carbocycles. The van der Waals surface area contributed by atoms with Crippen LogP contribution in [0.1, 0.15) is 5.56 Å². The minimum atomic E-state index is -0.585. The second kappa shape index (κ2) is 6.15. The Kier molecular flexibility index (Phi) is 4.85. The van der Waals surface area contributed by atoms with Crippen LogP contribution in [-0.4, -0.2) is 28.9 Å². The molecule has 1 rings (SSSR count). The quantitative estimate of drug-likeness (QED) is 0.502. The van der Waals surface area contributed by atoms with Gasteiger partial charge in [-0.05, 0) is 0 Å². The molecule has 0 aromatic carbocycles. The van der Waals surface area contributed by atoms with Gasteiger partial charge in [0.2, 0.25) is 0 Å². The number of rotatable bonds is 5. The SMILES string of the molecule is CN/C(=C\[N+](=O)[O-])N(C)Cc1cnc(Cl)cc1F. The maximum atomic E-state index is 13.5. The molecule has 8 heteroatoms. The predicted molar refractivity (Wildman–Crippen MR) is 64.8 cm³/mol. The van der Waals surface area contributed by atoms with E-state index in [-0.39, 0.29) is 17.5 Å². The lowest BCUT2D eigenvalue weighted by atomic mass is 10.2. The van der Waals surface area contributed by atoms with Crippen LogP contribution in [0, 0.1) is 15.9 Å². The molecule has 0 bridgehead atoms. The average molecular weight is 275 g/mol. The van der Waals surface area contributed by atoms with E-state index in [1.165, 1.54) is 11.1 Å². The van der Waals surface area contributed by atoms with Crippen molar-refractivity contribution in [2.45, 2.75) is 6.54 Å². The molecule has 0 atom stereocenters. The minimum Gasteiger partial charge on any atom is -0.370 e. The Morgan fingerprint density at radius 2 is 2.44 bits per heavy atom. The molecule has 0 aliphatic heterocycles. The summed E-state index contributed by atoms with van der Waals surface area (Å²) in [5.74, 6) is -0.243. The van der Waals surface area contributed by atoms with Gasteiger partial charge in [0.05, 0.1) is 4.92 Å². The Bertz CT molecular complexity index is 481. The van der Waals surface area contributed by atoms with E-state index in [0.717, 1.165) is 12.3 Å². The number of nitro groups is 1. The topological polar surface area (TPSA) is 71.3 Å². The zero-order valence-electron chi connectivity index (χ0n) is 9.85. The summed E-state index contributed by atoms with van der Waals surface area (Å²) in [6.45, 7) is 0.135. The van der Waals surface area contributed by atoms with E-state index in [9.17, 15) is 14.5 Å². The summed E-state index contributed by atoms with van der Waals surface area (Å²) in [6, 6.07) is 1.10. The van der Waals surface area contributed by atoms with E-state index in [2.05, 4.69) is 10.3 Å². The van der Waals surface area contributed by atoms with Gasteiger partial charge in [0.1, 0.15) is 11.0 Å². The molecule has 0 saturated heterocycles. The summed E-state index contributed by atoms with van der Waals surface area (Å²) in [6.07, 6.45) is 2.11. The van der Waals surface area contributed by atoms with Crippen LogP contribution < -0.4 is 5.32 Å². The summed E-state index contributed by atoms with van der Waals surface area (Å²) in [4.78, 5) is 15.1. The Morgan fingerprint density at radius 1 is 1.78 bits per heavy atom. The summed E-state index contributed by atoms with van der Waals surface area (Å²) in [5.41, 5.74) is 0.298. The first kappa shape index (κ1) is 14.2. The molecular formula is C10H12ClFN4O2. The number of hydrogen-bond donors (Lipinski definition) is 1. The molecule has 6 nitrogen and oxygen atoms in total. The number of nitrogens with zero attached hydrogens (tertiary/aromatic N) is 3. The molecule has 0 spiro atoms. The highest BCUT2D eigenvalue weighted by atomic mass is 35.5. The Hall–Kier alpha value is -1.89. The first-order valence-electron chi connectivity index (χ1n) is 4.98. The lowest BCUT2D eigenvalue weighted by Gasteiger charge is -2.20. The zero-order valence-corrected chi connectivity index (χ0v) is 10.6. The van der Waals surface area contributed by atoms with Crippen LogP contribution in [0.4, 0.5) is 4.39 Å². The van der Waals surface area contributed by atoms with Crippen LogP contribution in [0.25, 0.3) is 0 Å². The predicted octanol–water partition coefficient (Wildman–Crippen LogP) is 1.60. The van der Waals surface area contributed by atoms with Crippen molar-refractivity contribution in [1.82, 2.24) is 15.2 Å². The van der Waals surface area contributed by atoms with Gasteiger partial charge in [-0.3, -0.25) is 10.1 Å². The van der Waals surface area contributed by atoms with Crippen molar-refractivity contribution in [2.75, 3.05) is 14.1 Å². The van der Waals surface area contributed by atoms with Crippen LogP contribution >= 0.6 is 11.6 Å². The van der Waals surface area contributed by atoms with Crippen molar-refractivity contribution in [3.05, 3.63) is 50.9 Å². The molecule has 1 heterocycles. The highest BCUT2D eigenvalue weighted by molar-refractivity contribution is 6.29. The summed E-state index contributed by atoms with van der Waals surface area (Å²) < 4.78 is 13.5. The molecule has 1 N–H and O–H groups in total. The smallest absolute Gasteiger partial charge is 0.274 e. The van der Waals surface area contributed by atoms with Crippen molar-refractivity contribution >= 4 is 11.6 Å². The van der Waals surface area contributed by atoms with Crippen molar-refractivity contribution in [1.29, 1.82) is 0 Å². The fourth-order valence-electron chi connectivity index (χ4n) is 1.35. The number of nitrogens with one attached hydrogen (secondary N) is 1. The highest BCUT2D eigenvalue weighted by Crippen LogP contribution is 2.14. The fraction of sp³-hybridized carbons (Fsp3) is 0.300. The van der Waals surface area contributed by atoms with Crippen LogP contribution in [-0.2, 0) is 6.54 Å². The monoisotopic (exact) mass is 274 g/mol. The maximum absolute atomic E-state index is 13.5. The maximum Gasteiger partial charge on any atom is 0.274 e. The van der Waals surface area contributed by atoms with E-state index < -0.39 is 10.7 Å². The van der Waals surface area contributed by atoms with Gasteiger partial charge in [0.15, 0.2) is 5.82 Å². The molecule has 98 valence electrons.